The van der Waals surface area contributed by atoms with Crippen molar-refractivity contribution in [1.82, 2.24) is 30.1 Å². The molecule has 13 heteroatoms. The Morgan fingerprint density at radius 3 is 2.60 bits per heavy atom. The maximum absolute atomic E-state index is 13.6. The van der Waals surface area contributed by atoms with E-state index < -0.39 is 11.4 Å². The molecule has 3 heterocycles. The van der Waals surface area contributed by atoms with Crippen LogP contribution in [0.25, 0.3) is 5.65 Å². The molecule has 0 bridgehead atoms. The Bertz CT molecular complexity index is 1940. The number of aromatic nitrogens is 3. The highest BCUT2D eigenvalue weighted by atomic mass is 35.5. The first-order chi connectivity index (χ1) is 24.9. The summed E-state index contributed by atoms with van der Waals surface area (Å²) in [5.41, 5.74) is 3.39. The summed E-state index contributed by atoms with van der Waals surface area (Å²) in [4.78, 5) is 18.0. The van der Waals surface area contributed by atoms with Crippen LogP contribution in [-0.2, 0) is 0 Å². The van der Waals surface area contributed by atoms with Crippen LogP contribution in [0.2, 0.25) is 5.02 Å². The second kappa shape index (κ2) is 15.8. The number of carbonyl (C=O) groups is 1. The predicted octanol–water partition coefficient (Wildman–Crippen LogP) is 7.59. The van der Waals surface area contributed by atoms with Crippen LogP contribution in [0.1, 0.15) is 76.7 Å². The number of likely N-dealkylation sites (N-methyl/N-ethyl adjacent to an activating group) is 1. The minimum absolute atomic E-state index is 0.191. The third-order valence-electron chi connectivity index (χ3n) is 9.54. The quantitative estimate of drug-likeness (QED) is 0.110. The van der Waals surface area contributed by atoms with Crippen LogP contribution in [-0.4, -0.2) is 71.1 Å². The zero-order chi connectivity index (χ0) is 37.0. The molecule has 4 N–H and O–H groups in total. The first-order valence-electron chi connectivity index (χ1n) is 17.9. The zero-order valence-electron chi connectivity index (χ0n) is 30.9. The summed E-state index contributed by atoms with van der Waals surface area (Å²) < 4.78 is 14.6. The average molecular weight is 728 g/mol. The maximum atomic E-state index is 13.6. The molecule has 0 radical (unpaired) electrons. The molecule has 1 unspecified atom stereocenters. The molecule has 276 valence electrons. The number of nitrogens with one attached hydrogen (secondary N) is 4. The van der Waals surface area contributed by atoms with Crippen LogP contribution >= 0.6 is 11.6 Å². The Kier molecular flexibility index (Phi) is 11.3. The van der Waals surface area contributed by atoms with E-state index in [-0.39, 0.29) is 12.1 Å². The molecule has 6 rings (SSSR count). The molecule has 0 spiro atoms. The van der Waals surface area contributed by atoms with Gasteiger partial charge in [-0.2, -0.15) is 0 Å². The number of carbonyl (C=O) groups excluding carboxylic acids is 1. The number of amides is 2. The SMILES string of the molecule is C[C@@H]1CCCN1c1nnc2ccc(O[C@@H]3CCC(NC(=O)N/C(=C/C(=N)C(C)(C)C)Nc4ccc(Cl)c(OCCN(C)C)c4)c4ccccc43)cn12. The van der Waals surface area contributed by atoms with Crippen molar-refractivity contribution in [2.45, 2.75) is 71.6 Å². The normalized spacial score (nSPS) is 19.0. The number of benzene rings is 2. The number of halogens is 1. The molecule has 3 atom stereocenters. The van der Waals surface area contributed by atoms with Crippen LogP contribution < -0.4 is 30.3 Å². The van der Waals surface area contributed by atoms with E-state index in [1.165, 1.54) is 0 Å². The van der Waals surface area contributed by atoms with E-state index in [4.69, 9.17) is 26.5 Å². The van der Waals surface area contributed by atoms with Crippen LogP contribution in [0.4, 0.5) is 16.4 Å². The van der Waals surface area contributed by atoms with Gasteiger partial charge in [-0.15, -0.1) is 10.2 Å². The molecule has 1 saturated heterocycles. The van der Waals surface area contributed by atoms with Crippen molar-refractivity contribution in [2.75, 3.05) is 44.0 Å². The number of urea groups is 1. The fourth-order valence-corrected chi connectivity index (χ4v) is 6.68. The highest BCUT2D eigenvalue weighted by molar-refractivity contribution is 6.32. The second-order valence-electron chi connectivity index (χ2n) is 14.9. The number of pyridine rings is 1. The summed E-state index contributed by atoms with van der Waals surface area (Å²) in [6.07, 6.45) is 7.09. The van der Waals surface area contributed by atoms with Gasteiger partial charge in [-0.05, 0) is 82.1 Å². The van der Waals surface area contributed by atoms with E-state index in [1.54, 1.807) is 18.2 Å². The number of hydrogen-bond donors (Lipinski definition) is 4. The summed E-state index contributed by atoms with van der Waals surface area (Å²) >= 11 is 6.42. The molecule has 1 aliphatic heterocycles. The lowest BCUT2D eigenvalue weighted by atomic mass is 9.85. The summed E-state index contributed by atoms with van der Waals surface area (Å²) in [5.74, 6) is 2.47. The molecule has 2 aliphatic rings. The van der Waals surface area contributed by atoms with Crippen LogP contribution in [0.15, 0.2) is 72.7 Å². The Morgan fingerprint density at radius 1 is 1.08 bits per heavy atom. The molecule has 4 aromatic rings. The number of ether oxygens (including phenoxy) is 2. The first kappa shape index (κ1) is 37.0. The maximum Gasteiger partial charge on any atom is 0.320 e. The van der Waals surface area contributed by atoms with Crippen molar-refractivity contribution < 1.29 is 14.3 Å². The van der Waals surface area contributed by atoms with Gasteiger partial charge in [-0.1, -0.05) is 56.6 Å². The van der Waals surface area contributed by atoms with E-state index in [0.717, 1.165) is 54.4 Å². The van der Waals surface area contributed by atoms with Gasteiger partial charge in [0.1, 0.15) is 30.0 Å². The van der Waals surface area contributed by atoms with E-state index in [2.05, 4.69) is 44.0 Å². The Morgan fingerprint density at radius 2 is 1.87 bits per heavy atom. The number of allylic oxidation sites excluding steroid dienone is 1. The van der Waals surface area contributed by atoms with E-state index in [0.29, 0.717) is 53.5 Å². The third-order valence-corrected chi connectivity index (χ3v) is 9.85. The van der Waals surface area contributed by atoms with Gasteiger partial charge in [-0.3, -0.25) is 9.72 Å². The minimum atomic E-state index is -0.435. The van der Waals surface area contributed by atoms with Gasteiger partial charge in [-0.25, -0.2) is 4.79 Å². The number of fused-ring (bicyclic) bond motifs is 2. The van der Waals surface area contributed by atoms with E-state index in [9.17, 15) is 4.79 Å². The molecule has 2 aromatic carbocycles. The minimum Gasteiger partial charge on any atom is -0.491 e. The molecular weight excluding hydrogens is 678 g/mol. The molecule has 2 aromatic heterocycles. The lowest BCUT2D eigenvalue weighted by Gasteiger charge is -2.32. The zero-order valence-corrected chi connectivity index (χ0v) is 31.6. The lowest BCUT2D eigenvalue weighted by molar-refractivity contribution is 0.171. The van der Waals surface area contributed by atoms with Crippen LogP contribution in [0.5, 0.6) is 11.5 Å². The number of rotatable bonds is 12. The monoisotopic (exact) mass is 727 g/mol. The van der Waals surface area contributed by atoms with Crippen molar-refractivity contribution in [3.05, 3.63) is 88.8 Å². The molecule has 1 fully saturated rings. The molecule has 2 amide bonds. The lowest BCUT2D eigenvalue weighted by Crippen LogP contribution is -2.41. The molecule has 52 heavy (non-hydrogen) atoms. The molecular formula is C39H50ClN9O3. The third kappa shape index (κ3) is 8.79. The van der Waals surface area contributed by atoms with Gasteiger partial charge < -0.3 is 35.3 Å². The van der Waals surface area contributed by atoms with Gasteiger partial charge in [0.15, 0.2) is 5.65 Å². The van der Waals surface area contributed by atoms with Crippen molar-refractivity contribution in [1.29, 1.82) is 5.41 Å². The van der Waals surface area contributed by atoms with Crippen LogP contribution in [0, 0.1) is 10.8 Å². The van der Waals surface area contributed by atoms with E-state index in [1.807, 2.05) is 86.8 Å². The fourth-order valence-electron chi connectivity index (χ4n) is 6.51. The second-order valence-corrected chi connectivity index (χ2v) is 15.3. The van der Waals surface area contributed by atoms with E-state index >= 15 is 0 Å². The predicted molar refractivity (Wildman–Crippen MR) is 207 cm³/mol. The molecule has 12 nitrogen and oxygen atoms in total. The average Bonchev–Trinajstić information content (AvgIpc) is 3.71. The van der Waals surface area contributed by atoms with Gasteiger partial charge in [0, 0.05) is 48.1 Å². The van der Waals surface area contributed by atoms with Crippen molar-refractivity contribution in [2.24, 2.45) is 5.41 Å². The Hall–Kier alpha value is -4.81. The topological polar surface area (TPSA) is 132 Å². The Balaban J connectivity index is 1.16. The highest BCUT2D eigenvalue weighted by Crippen LogP contribution is 2.39. The summed E-state index contributed by atoms with van der Waals surface area (Å²) in [6, 6.07) is 17.1. The smallest absolute Gasteiger partial charge is 0.320 e. The van der Waals surface area contributed by atoms with Gasteiger partial charge >= 0.3 is 6.03 Å². The van der Waals surface area contributed by atoms with Gasteiger partial charge in [0.05, 0.1) is 17.3 Å². The van der Waals surface area contributed by atoms with Crippen LogP contribution in [0.3, 0.4) is 0 Å². The summed E-state index contributed by atoms with van der Waals surface area (Å²) in [5, 5.41) is 27.5. The largest absolute Gasteiger partial charge is 0.491 e. The Labute approximate surface area is 311 Å². The molecule has 1 aliphatic carbocycles. The highest BCUT2D eigenvalue weighted by Gasteiger charge is 2.30. The fraction of sp³-hybridized carbons (Fsp3) is 0.436. The summed E-state index contributed by atoms with van der Waals surface area (Å²) in [6.45, 7) is 10.3. The number of hydrogen-bond acceptors (Lipinski definition) is 9. The van der Waals surface area contributed by atoms with Gasteiger partial charge in [0.2, 0.25) is 5.95 Å². The number of anilines is 2. The number of nitrogens with zero attached hydrogens (tertiary/aromatic N) is 5. The van der Waals surface area contributed by atoms with Crippen molar-refractivity contribution >= 4 is 40.6 Å². The molecule has 0 saturated carbocycles. The van der Waals surface area contributed by atoms with Crippen molar-refractivity contribution in [3.63, 3.8) is 0 Å². The van der Waals surface area contributed by atoms with Gasteiger partial charge in [0.25, 0.3) is 0 Å². The standard InChI is InChI=1S/C39H50ClN9O3/c1-25-10-9-19-48(25)38-46-45-36-18-14-27(24-49(36)38)52-32-17-16-31(28-11-7-8-12-29(28)32)43-37(50)44-35(23-34(41)39(2,3)4)42-26-13-15-30(40)33(22-26)51-21-20-47(5)6/h7-8,11-15,18,22-25,31-32,41-42H,9-10,16-17,19-21H2,1-6H3,(H2,43,44,50)/b35-23+,41-34?/t25-,31?,32-/m1/s1. The first-order valence-corrected chi connectivity index (χ1v) is 18.3. The van der Waals surface area contributed by atoms with Crippen molar-refractivity contribution in [3.8, 4) is 11.5 Å². The summed E-state index contributed by atoms with van der Waals surface area (Å²) in [7, 11) is 3.95.